The van der Waals surface area contributed by atoms with E-state index in [1.54, 1.807) is 0 Å². The van der Waals surface area contributed by atoms with Crippen molar-refractivity contribution in [2.24, 2.45) is 4.99 Å². The third-order valence-corrected chi connectivity index (χ3v) is 9.81. The molecule has 1 aromatic heterocycles. The SMILES string of the molecule is CC1(C)c2ccc3ccccc3c2-c2c1c1ccccc1n2-c1ccc(C2=NC(c3ccccc3)C=C(c3ccccc3)N2)cc1. The van der Waals surface area contributed by atoms with Gasteiger partial charge in [-0.25, -0.2) is 0 Å². The van der Waals surface area contributed by atoms with Crippen molar-refractivity contribution in [2.45, 2.75) is 25.3 Å². The summed E-state index contributed by atoms with van der Waals surface area (Å²) in [6.07, 6.45) is 2.22. The third kappa shape index (κ3) is 4.02. The standard InChI is InChI=1S/C43H33N3/c1-43(2)35-26-23-28-13-9-10-18-33(28)39(35)41-40(43)34-19-11-12-20-38(34)46(41)32-24-21-31(22-25-32)42-44-36(29-14-5-3-6-15-29)27-37(45-42)30-16-7-4-8-17-30/h3-27,36H,1-2H3,(H,44,45). The first kappa shape index (κ1) is 26.7. The first-order valence-electron chi connectivity index (χ1n) is 16.0. The van der Waals surface area contributed by atoms with Crippen LogP contribution in [0, 0.1) is 0 Å². The largest absolute Gasteiger partial charge is 0.340 e. The molecule has 0 radical (unpaired) electrons. The van der Waals surface area contributed by atoms with Gasteiger partial charge in [0, 0.05) is 33.3 Å². The van der Waals surface area contributed by atoms with E-state index < -0.39 is 0 Å². The molecule has 0 amide bonds. The lowest BCUT2D eigenvalue weighted by molar-refractivity contribution is 0.667. The van der Waals surface area contributed by atoms with E-state index >= 15 is 0 Å². The predicted molar refractivity (Wildman–Crippen MR) is 192 cm³/mol. The topological polar surface area (TPSA) is 29.3 Å². The molecule has 3 heteroatoms. The van der Waals surface area contributed by atoms with E-state index in [9.17, 15) is 0 Å². The summed E-state index contributed by atoms with van der Waals surface area (Å²) in [5.74, 6) is 0.877. The number of para-hydroxylation sites is 1. The number of fused-ring (bicyclic) bond motifs is 7. The van der Waals surface area contributed by atoms with Crippen LogP contribution in [0.15, 0.2) is 157 Å². The molecular formula is C43H33N3. The quantitative estimate of drug-likeness (QED) is 0.217. The Morgan fingerprint density at radius 1 is 0.630 bits per heavy atom. The van der Waals surface area contributed by atoms with Gasteiger partial charge in [-0.2, -0.15) is 0 Å². The number of hydrogen-bond donors (Lipinski definition) is 1. The molecule has 220 valence electrons. The molecule has 1 N–H and O–H groups in total. The minimum Gasteiger partial charge on any atom is -0.340 e. The minimum absolute atomic E-state index is 0.0731. The molecule has 1 aliphatic carbocycles. The highest BCUT2D eigenvalue weighted by Gasteiger charge is 2.41. The normalized spacial score (nSPS) is 16.4. The summed E-state index contributed by atoms with van der Waals surface area (Å²) in [5, 5.41) is 7.55. The zero-order valence-corrected chi connectivity index (χ0v) is 25.9. The fourth-order valence-corrected chi connectivity index (χ4v) is 7.62. The van der Waals surface area contributed by atoms with Gasteiger partial charge in [0.05, 0.1) is 17.3 Å². The van der Waals surface area contributed by atoms with E-state index in [1.165, 1.54) is 49.6 Å². The maximum Gasteiger partial charge on any atom is 0.133 e. The van der Waals surface area contributed by atoms with Crippen molar-refractivity contribution in [3.8, 4) is 16.9 Å². The Labute approximate surface area is 269 Å². The molecule has 0 bridgehead atoms. The number of rotatable bonds is 4. The maximum atomic E-state index is 5.20. The van der Waals surface area contributed by atoms with Crippen LogP contribution in [0.1, 0.15) is 47.7 Å². The van der Waals surface area contributed by atoms with Crippen LogP contribution in [-0.2, 0) is 5.41 Å². The Hall–Kier alpha value is -5.67. The number of aliphatic imine (C=N–C) groups is 1. The van der Waals surface area contributed by atoms with Crippen LogP contribution in [0.4, 0.5) is 0 Å². The molecule has 0 saturated carbocycles. The lowest BCUT2D eigenvalue weighted by atomic mass is 9.81. The summed E-state index contributed by atoms with van der Waals surface area (Å²) in [6, 6.07) is 52.2. The van der Waals surface area contributed by atoms with E-state index in [0.29, 0.717) is 0 Å². The highest BCUT2D eigenvalue weighted by atomic mass is 15.0. The smallest absolute Gasteiger partial charge is 0.133 e. The van der Waals surface area contributed by atoms with Crippen LogP contribution in [0.25, 0.3) is 44.3 Å². The van der Waals surface area contributed by atoms with E-state index in [4.69, 9.17) is 4.99 Å². The summed E-state index contributed by atoms with van der Waals surface area (Å²) in [6.45, 7) is 4.75. The molecule has 0 spiro atoms. The van der Waals surface area contributed by atoms with Crippen LogP contribution in [0.2, 0.25) is 0 Å². The molecule has 0 fully saturated rings. The number of aromatic nitrogens is 1. The Kier molecular flexibility index (Phi) is 5.91. The van der Waals surface area contributed by atoms with E-state index in [-0.39, 0.29) is 11.5 Å². The van der Waals surface area contributed by atoms with Crippen LogP contribution in [0.5, 0.6) is 0 Å². The van der Waals surface area contributed by atoms with Crippen molar-refractivity contribution in [3.05, 3.63) is 179 Å². The van der Waals surface area contributed by atoms with Crippen molar-refractivity contribution in [3.63, 3.8) is 0 Å². The summed E-state index contributed by atoms with van der Waals surface area (Å²) in [5.41, 5.74) is 12.2. The van der Waals surface area contributed by atoms with Gasteiger partial charge in [0.15, 0.2) is 0 Å². The average molecular weight is 592 g/mol. The number of nitrogens with zero attached hydrogens (tertiary/aromatic N) is 2. The second-order valence-corrected chi connectivity index (χ2v) is 12.9. The van der Waals surface area contributed by atoms with E-state index in [2.05, 4.69) is 175 Å². The molecule has 7 aromatic rings. The second-order valence-electron chi connectivity index (χ2n) is 12.9. The molecule has 2 heterocycles. The summed E-state index contributed by atoms with van der Waals surface area (Å²) < 4.78 is 2.48. The van der Waals surface area contributed by atoms with Gasteiger partial charge in [-0.15, -0.1) is 0 Å². The highest BCUT2D eigenvalue weighted by Crippen LogP contribution is 2.55. The number of nitrogens with one attached hydrogen (secondary N) is 1. The fraction of sp³-hybridized carbons (Fsp3) is 0.0930. The van der Waals surface area contributed by atoms with Crippen LogP contribution >= 0.6 is 0 Å². The van der Waals surface area contributed by atoms with Gasteiger partial charge in [-0.3, -0.25) is 4.99 Å². The van der Waals surface area contributed by atoms with Crippen LogP contribution in [-0.4, -0.2) is 10.4 Å². The van der Waals surface area contributed by atoms with Crippen molar-refractivity contribution >= 4 is 33.2 Å². The Balaban J connectivity index is 1.19. The summed E-state index contributed by atoms with van der Waals surface area (Å²) in [7, 11) is 0. The highest BCUT2D eigenvalue weighted by molar-refractivity contribution is 6.08. The molecule has 1 atom stereocenters. The third-order valence-electron chi connectivity index (χ3n) is 9.81. The molecule has 1 unspecified atom stereocenters. The van der Waals surface area contributed by atoms with Gasteiger partial charge in [-0.1, -0.05) is 129 Å². The van der Waals surface area contributed by atoms with Gasteiger partial charge in [0.25, 0.3) is 0 Å². The second kappa shape index (κ2) is 10.2. The molecule has 46 heavy (non-hydrogen) atoms. The lowest BCUT2D eigenvalue weighted by Crippen LogP contribution is -2.27. The van der Waals surface area contributed by atoms with Crippen molar-refractivity contribution in [2.75, 3.05) is 0 Å². The lowest BCUT2D eigenvalue weighted by Gasteiger charge is -2.23. The predicted octanol–water partition coefficient (Wildman–Crippen LogP) is 10.2. The van der Waals surface area contributed by atoms with Gasteiger partial charge >= 0.3 is 0 Å². The van der Waals surface area contributed by atoms with Crippen molar-refractivity contribution < 1.29 is 0 Å². The van der Waals surface area contributed by atoms with E-state index in [1.807, 2.05) is 0 Å². The Morgan fingerprint density at radius 2 is 1.30 bits per heavy atom. The zero-order chi connectivity index (χ0) is 30.8. The van der Waals surface area contributed by atoms with E-state index in [0.717, 1.165) is 28.3 Å². The number of hydrogen-bond acceptors (Lipinski definition) is 2. The van der Waals surface area contributed by atoms with Crippen molar-refractivity contribution in [1.82, 2.24) is 9.88 Å². The first-order valence-corrected chi connectivity index (χ1v) is 16.0. The fourth-order valence-electron chi connectivity index (χ4n) is 7.62. The zero-order valence-electron chi connectivity index (χ0n) is 25.9. The Morgan fingerprint density at radius 3 is 2.09 bits per heavy atom. The molecule has 6 aromatic carbocycles. The average Bonchev–Trinajstić information content (AvgIpc) is 3.59. The molecule has 1 aliphatic heterocycles. The summed E-state index contributed by atoms with van der Waals surface area (Å²) >= 11 is 0. The number of benzene rings is 6. The van der Waals surface area contributed by atoms with Gasteiger partial charge in [0.2, 0.25) is 0 Å². The van der Waals surface area contributed by atoms with Crippen molar-refractivity contribution in [1.29, 1.82) is 0 Å². The Bertz CT molecular complexity index is 2340. The minimum atomic E-state index is -0.118. The monoisotopic (exact) mass is 591 g/mol. The summed E-state index contributed by atoms with van der Waals surface area (Å²) in [4.78, 5) is 5.20. The number of amidine groups is 1. The van der Waals surface area contributed by atoms with Gasteiger partial charge in [-0.05, 0) is 69.4 Å². The molecule has 9 rings (SSSR count). The van der Waals surface area contributed by atoms with Crippen LogP contribution < -0.4 is 5.32 Å². The van der Waals surface area contributed by atoms with Gasteiger partial charge < -0.3 is 9.88 Å². The molecular weight excluding hydrogens is 558 g/mol. The molecule has 2 aliphatic rings. The van der Waals surface area contributed by atoms with Gasteiger partial charge in [0.1, 0.15) is 5.84 Å². The maximum absolute atomic E-state index is 5.20. The molecule has 0 saturated heterocycles. The molecule has 3 nitrogen and oxygen atoms in total. The first-order chi connectivity index (χ1) is 22.6. The van der Waals surface area contributed by atoms with Crippen LogP contribution in [0.3, 0.4) is 0 Å².